The Morgan fingerprint density at radius 1 is 1.56 bits per heavy atom. The number of rotatable bonds is 3. The third kappa shape index (κ3) is 2.93. The number of aromatic amines is 1. The zero-order chi connectivity index (χ0) is 12.3. The molecule has 88 valence electrons. The number of hydrogen-bond donors (Lipinski definition) is 2. The van der Waals surface area contributed by atoms with Crippen molar-refractivity contribution in [2.45, 2.75) is 20.4 Å². The highest BCUT2D eigenvalue weighted by molar-refractivity contribution is 9.11. The molecule has 1 rings (SSSR count). The second-order valence-corrected chi connectivity index (χ2v) is 4.50. The Labute approximate surface area is 101 Å². The van der Waals surface area contributed by atoms with Crippen LogP contribution in [0.5, 0.6) is 0 Å². The SMILES string of the molecule is C/C(CO)=C(\Br)Cn1cc(C)c(=O)[nH]c1=O. The minimum absolute atomic E-state index is 0.0718. The zero-order valence-electron chi connectivity index (χ0n) is 9.08. The lowest BCUT2D eigenvalue weighted by molar-refractivity contribution is 0.330. The summed E-state index contributed by atoms with van der Waals surface area (Å²) in [5, 5.41) is 8.92. The number of aromatic nitrogens is 2. The monoisotopic (exact) mass is 288 g/mol. The molecule has 0 bridgehead atoms. The van der Waals surface area contributed by atoms with Crippen LogP contribution in [-0.4, -0.2) is 21.3 Å². The average Bonchev–Trinajstić information content (AvgIpc) is 2.24. The van der Waals surface area contributed by atoms with Gasteiger partial charge in [0.1, 0.15) is 0 Å². The molecular formula is C10H13BrN2O3. The summed E-state index contributed by atoms with van der Waals surface area (Å²) in [6, 6.07) is 0. The predicted octanol–water partition coefficient (Wildman–Crippen LogP) is 0.506. The van der Waals surface area contributed by atoms with E-state index < -0.39 is 5.69 Å². The quantitative estimate of drug-likeness (QED) is 0.851. The van der Waals surface area contributed by atoms with Crippen LogP contribution in [0.4, 0.5) is 0 Å². The van der Waals surface area contributed by atoms with Crippen molar-refractivity contribution in [3.63, 3.8) is 0 Å². The van der Waals surface area contributed by atoms with Gasteiger partial charge in [0.25, 0.3) is 5.56 Å². The van der Waals surface area contributed by atoms with E-state index in [-0.39, 0.29) is 12.2 Å². The maximum absolute atomic E-state index is 11.4. The smallest absolute Gasteiger partial charge is 0.328 e. The molecular weight excluding hydrogens is 276 g/mol. The highest BCUT2D eigenvalue weighted by atomic mass is 79.9. The Hall–Kier alpha value is -1.14. The summed E-state index contributed by atoms with van der Waals surface area (Å²) >= 11 is 3.29. The van der Waals surface area contributed by atoms with E-state index in [4.69, 9.17) is 5.11 Å². The van der Waals surface area contributed by atoms with Crippen LogP contribution < -0.4 is 11.2 Å². The Morgan fingerprint density at radius 3 is 2.75 bits per heavy atom. The molecule has 16 heavy (non-hydrogen) atoms. The van der Waals surface area contributed by atoms with E-state index in [1.165, 1.54) is 10.8 Å². The zero-order valence-corrected chi connectivity index (χ0v) is 10.7. The first-order valence-corrected chi connectivity index (χ1v) is 5.50. The van der Waals surface area contributed by atoms with Gasteiger partial charge >= 0.3 is 5.69 Å². The van der Waals surface area contributed by atoms with Gasteiger partial charge in [-0.2, -0.15) is 0 Å². The minimum Gasteiger partial charge on any atom is -0.392 e. The van der Waals surface area contributed by atoms with Crippen LogP contribution in [-0.2, 0) is 6.54 Å². The van der Waals surface area contributed by atoms with Crippen LogP contribution in [0.1, 0.15) is 12.5 Å². The van der Waals surface area contributed by atoms with Crippen LogP contribution in [0.15, 0.2) is 25.8 Å². The number of allylic oxidation sites excluding steroid dienone is 1. The summed E-state index contributed by atoms with van der Waals surface area (Å²) in [7, 11) is 0. The number of nitrogens with zero attached hydrogens (tertiary/aromatic N) is 1. The van der Waals surface area contributed by atoms with Crippen molar-refractivity contribution in [2.24, 2.45) is 0 Å². The third-order valence-electron chi connectivity index (χ3n) is 2.20. The van der Waals surface area contributed by atoms with Crippen molar-refractivity contribution in [1.29, 1.82) is 0 Å². The molecule has 0 saturated carbocycles. The maximum Gasteiger partial charge on any atom is 0.328 e. The fourth-order valence-electron chi connectivity index (χ4n) is 1.11. The molecule has 0 fully saturated rings. The Balaban J connectivity index is 3.13. The minimum atomic E-state index is -0.460. The molecule has 2 N–H and O–H groups in total. The Morgan fingerprint density at radius 2 is 2.19 bits per heavy atom. The number of nitrogens with one attached hydrogen (secondary N) is 1. The van der Waals surface area contributed by atoms with Crippen LogP contribution in [0.3, 0.4) is 0 Å². The molecule has 0 atom stereocenters. The summed E-state index contributed by atoms with van der Waals surface area (Å²) in [6.07, 6.45) is 1.49. The van der Waals surface area contributed by atoms with Gasteiger partial charge in [-0.15, -0.1) is 0 Å². The summed E-state index contributed by atoms with van der Waals surface area (Å²) in [5.41, 5.74) is 0.385. The average molecular weight is 289 g/mol. The van der Waals surface area contributed by atoms with Gasteiger partial charge in [0.2, 0.25) is 0 Å². The number of aliphatic hydroxyl groups excluding tert-OH is 1. The Kier molecular flexibility index (Phi) is 4.26. The van der Waals surface area contributed by atoms with E-state index in [1.54, 1.807) is 13.8 Å². The van der Waals surface area contributed by atoms with E-state index in [0.717, 1.165) is 10.1 Å². The fourth-order valence-corrected chi connectivity index (χ4v) is 1.50. The van der Waals surface area contributed by atoms with Crippen molar-refractivity contribution in [3.8, 4) is 0 Å². The van der Waals surface area contributed by atoms with Gasteiger partial charge in [0, 0.05) is 16.2 Å². The van der Waals surface area contributed by atoms with Crippen molar-refractivity contribution >= 4 is 15.9 Å². The van der Waals surface area contributed by atoms with Gasteiger partial charge in [0.15, 0.2) is 0 Å². The number of aryl methyl sites for hydroxylation is 1. The molecule has 0 aromatic carbocycles. The van der Waals surface area contributed by atoms with Crippen molar-refractivity contribution in [2.75, 3.05) is 6.61 Å². The summed E-state index contributed by atoms with van der Waals surface area (Å²) in [4.78, 5) is 24.8. The molecule has 0 unspecified atom stereocenters. The maximum atomic E-state index is 11.4. The van der Waals surface area contributed by atoms with Gasteiger partial charge in [0.05, 0.1) is 13.2 Å². The van der Waals surface area contributed by atoms with Gasteiger partial charge < -0.3 is 5.11 Å². The van der Waals surface area contributed by atoms with Crippen LogP contribution in [0.2, 0.25) is 0 Å². The summed E-state index contributed by atoms with van der Waals surface area (Å²) in [6.45, 7) is 3.61. The van der Waals surface area contributed by atoms with Crippen LogP contribution in [0, 0.1) is 6.92 Å². The van der Waals surface area contributed by atoms with Gasteiger partial charge in [-0.25, -0.2) is 4.79 Å². The predicted molar refractivity (Wildman–Crippen MR) is 64.8 cm³/mol. The van der Waals surface area contributed by atoms with Gasteiger partial charge in [-0.05, 0) is 19.4 Å². The van der Waals surface area contributed by atoms with Crippen LogP contribution in [0.25, 0.3) is 0 Å². The molecule has 5 nitrogen and oxygen atoms in total. The van der Waals surface area contributed by atoms with E-state index in [2.05, 4.69) is 20.9 Å². The molecule has 0 saturated heterocycles. The first-order valence-electron chi connectivity index (χ1n) is 4.71. The van der Waals surface area contributed by atoms with Crippen LogP contribution >= 0.6 is 15.9 Å². The molecule has 0 spiro atoms. The fraction of sp³-hybridized carbons (Fsp3) is 0.400. The van der Waals surface area contributed by atoms with E-state index in [0.29, 0.717) is 12.1 Å². The molecule has 0 radical (unpaired) electrons. The van der Waals surface area contributed by atoms with E-state index in [1.807, 2.05) is 0 Å². The number of H-pyrrole nitrogens is 1. The molecule has 1 aromatic heterocycles. The number of hydrogen-bond acceptors (Lipinski definition) is 3. The molecule has 1 aromatic rings. The normalized spacial score (nSPS) is 12.5. The van der Waals surface area contributed by atoms with Crippen molar-refractivity contribution < 1.29 is 5.11 Å². The first-order chi connectivity index (χ1) is 7.45. The van der Waals surface area contributed by atoms with Crippen molar-refractivity contribution in [3.05, 3.63) is 42.7 Å². The number of halogens is 1. The second-order valence-electron chi connectivity index (χ2n) is 3.54. The lowest BCUT2D eigenvalue weighted by atomic mass is 10.3. The second kappa shape index (κ2) is 5.27. The summed E-state index contributed by atoms with van der Waals surface area (Å²) in [5.74, 6) is 0. The number of aliphatic hydroxyl groups is 1. The van der Waals surface area contributed by atoms with E-state index >= 15 is 0 Å². The van der Waals surface area contributed by atoms with Gasteiger partial charge in [-0.1, -0.05) is 15.9 Å². The Bertz CT molecular complexity index is 528. The topological polar surface area (TPSA) is 75.1 Å². The molecule has 0 aliphatic carbocycles. The highest BCUT2D eigenvalue weighted by Gasteiger charge is 2.04. The highest BCUT2D eigenvalue weighted by Crippen LogP contribution is 2.12. The van der Waals surface area contributed by atoms with Crippen molar-refractivity contribution in [1.82, 2.24) is 9.55 Å². The van der Waals surface area contributed by atoms with E-state index in [9.17, 15) is 9.59 Å². The summed E-state index contributed by atoms with van der Waals surface area (Å²) < 4.78 is 2.10. The third-order valence-corrected chi connectivity index (χ3v) is 3.13. The van der Waals surface area contributed by atoms with Gasteiger partial charge in [-0.3, -0.25) is 14.3 Å². The molecule has 6 heteroatoms. The molecule has 0 amide bonds. The lowest BCUT2D eigenvalue weighted by Crippen LogP contribution is -2.31. The largest absolute Gasteiger partial charge is 0.392 e. The first kappa shape index (κ1) is 12.9. The molecule has 0 aliphatic heterocycles. The standard InChI is InChI=1S/C10H13BrN2O3/c1-6-3-13(10(16)12-9(6)15)4-8(11)7(2)5-14/h3,14H,4-5H2,1-2H3,(H,12,15,16)/b8-7+. The molecule has 0 aliphatic rings. The lowest BCUT2D eigenvalue weighted by Gasteiger charge is -2.07. The molecule has 1 heterocycles.